The monoisotopic (exact) mass is 315 g/mol. The molecular weight excluding hydrogens is 294 g/mol. The Morgan fingerprint density at radius 1 is 1.43 bits per heavy atom. The number of carbonyl (C=O) groups excluding carboxylic acids is 2. The summed E-state index contributed by atoms with van der Waals surface area (Å²) in [6, 6.07) is 9.07. The van der Waals surface area contributed by atoms with E-state index in [2.05, 4.69) is 5.92 Å². The van der Waals surface area contributed by atoms with Crippen LogP contribution >= 0.6 is 0 Å². The van der Waals surface area contributed by atoms with Crippen LogP contribution in [0.2, 0.25) is 0 Å². The number of terminal acetylenes is 1. The molecule has 5 nitrogen and oxygen atoms in total. The van der Waals surface area contributed by atoms with Crippen molar-refractivity contribution < 1.29 is 19.4 Å². The third-order valence-electron chi connectivity index (χ3n) is 4.02. The third-order valence-corrected chi connectivity index (χ3v) is 4.02. The van der Waals surface area contributed by atoms with E-state index in [1.54, 1.807) is 13.8 Å². The standard InChI is InChI=1S/C18H21NO4/c1-4-5-11-14(20)16(21)19-15(18(2,3)23-17(19)22)12-13-9-7-6-8-10-13/h1,6-10,14-15,20H,5,11-12H2,2-3H3/t14-,15-/m0/s1. The molecule has 0 radical (unpaired) electrons. The zero-order valence-corrected chi connectivity index (χ0v) is 13.4. The van der Waals surface area contributed by atoms with Crippen LogP contribution < -0.4 is 0 Å². The molecule has 1 aromatic carbocycles. The second kappa shape index (κ2) is 6.84. The smallest absolute Gasteiger partial charge is 0.417 e. The van der Waals surface area contributed by atoms with Gasteiger partial charge in [0.1, 0.15) is 11.7 Å². The van der Waals surface area contributed by atoms with Crippen LogP contribution in [-0.4, -0.2) is 39.8 Å². The van der Waals surface area contributed by atoms with Gasteiger partial charge in [0.15, 0.2) is 0 Å². The van der Waals surface area contributed by atoms with Crippen LogP contribution in [0.3, 0.4) is 0 Å². The summed E-state index contributed by atoms with van der Waals surface area (Å²) in [4.78, 5) is 25.6. The van der Waals surface area contributed by atoms with Crippen LogP contribution in [0.15, 0.2) is 30.3 Å². The number of hydrogen-bond donors (Lipinski definition) is 1. The van der Waals surface area contributed by atoms with E-state index in [0.29, 0.717) is 6.42 Å². The van der Waals surface area contributed by atoms with E-state index in [1.165, 1.54) is 0 Å². The number of nitrogens with zero attached hydrogens (tertiary/aromatic N) is 1. The fourth-order valence-corrected chi connectivity index (χ4v) is 2.70. The maximum absolute atomic E-state index is 12.5. The average Bonchev–Trinajstić information content (AvgIpc) is 2.74. The molecular formula is C18H21NO4. The van der Waals surface area contributed by atoms with Crippen LogP contribution in [0.4, 0.5) is 4.79 Å². The number of aliphatic hydroxyl groups is 1. The molecule has 0 unspecified atom stereocenters. The molecule has 23 heavy (non-hydrogen) atoms. The molecule has 5 heteroatoms. The van der Waals surface area contributed by atoms with Gasteiger partial charge in [-0.25, -0.2) is 9.69 Å². The summed E-state index contributed by atoms with van der Waals surface area (Å²) in [5.74, 6) is 1.72. The quantitative estimate of drug-likeness (QED) is 0.845. The Bertz CT molecular complexity index is 618. The van der Waals surface area contributed by atoms with Crippen molar-refractivity contribution in [2.75, 3.05) is 0 Å². The minimum atomic E-state index is -1.30. The first-order chi connectivity index (χ1) is 10.9. The molecule has 1 heterocycles. The van der Waals surface area contributed by atoms with Crippen molar-refractivity contribution in [3.05, 3.63) is 35.9 Å². The second-order valence-electron chi connectivity index (χ2n) is 6.14. The van der Waals surface area contributed by atoms with Crippen LogP contribution in [0.25, 0.3) is 0 Å². The highest BCUT2D eigenvalue weighted by molar-refractivity contribution is 5.96. The highest BCUT2D eigenvalue weighted by Gasteiger charge is 2.51. The van der Waals surface area contributed by atoms with E-state index < -0.39 is 29.7 Å². The Morgan fingerprint density at radius 2 is 2.09 bits per heavy atom. The highest BCUT2D eigenvalue weighted by atomic mass is 16.6. The predicted molar refractivity (Wildman–Crippen MR) is 85.4 cm³/mol. The first-order valence-electron chi connectivity index (χ1n) is 7.58. The predicted octanol–water partition coefficient (Wildman–Crippen LogP) is 2.13. The largest absolute Gasteiger partial charge is 0.441 e. The van der Waals surface area contributed by atoms with Crippen LogP contribution in [0.1, 0.15) is 32.3 Å². The molecule has 2 atom stereocenters. The number of hydrogen-bond acceptors (Lipinski definition) is 4. The Morgan fingerprint density at radius 3 is 2.70 bits per heavy atom. The zero-order valence-electron chi connectivity index (χ0n) is 13.4. The molecule has 0 saturated carbocycles. The van der Waals surface area contributed by atoms with E-state index in [0.717, 1.165) is 10.5 Å². The maximum atomic E-state index is 12.5. The average molecular weight is 315 g/mol. The number of amides is 2. The van der Waals surface area contributed by atoms with Crippen molar-refractivity contribution in [2.24, 2.45) is 0 Å². The molecule has 1 N–H and O–H groups in total. The number of cyclic esters (lactones) is 1. The Balaban J connectivity index is 2.23. The van der Waals surface area contributed by atoms with Crippen molar-refractivity contribution >= 4 is 12.0 Å². The Labute approximate surface area is 136 Å². The molecule has 0 bridgehead atoms. The summed E-state index contributed by atoms with van der Waals surface area (Å²) >= 11 is 0. The number of rotatable bonds is 5. The third kappa shape index (κ3) is 3.72. The molecule has 122 valence electrons. The van der Waals surface area contributed by atoms with Gasteiger partial charge in [0.25, 0.3) is 5.91 Å². The molecule has 2 rings (SSSR count). The van der Waals surface area contributed by atoms with Gasteiger partial charge in [-0.2, -0.15) is 0 Å². The number of ether oxygens (including phenoxy) is 1. The first kappa shape index (κ1) is 17.0. The van der Waals surface area contributed by atoms with E-state index in [-0.39, 0.29) is 12.8 Å². The lowest BCUT2D eigenvalue weighted by Gasteiger charge is -2.28. The topological polar surface area (TPSA) is 66.8 Å². The molecule has 1 aromatic rings. The summed E-state index contributed by atoms with van der Waals surface area (Å²) in [7, 11) is 0. The summed E-state index contributed by atoms with van der Waals surface area (Å²) in [5.41, 5.74) is 0.161. The van der Waals surface area contributed by atoms with Crippen LogP contribution in [0.5, 0.6) is 0 Å². The van der Waals surface area contributed by atoms with E-state index in [9.17, 15) is 14.7 Å². The van der Waals surface area contributed by atoms with Gasteiger partial charge in [-0.05, 0) is 32.3 Å². The van der Waals surface area contributed by atoms with Crippen molar-refractivity contribution in [1.82, 2.24) is 4.90 Å². The van der Waals surface area contributed by atoms with Crippen LogP contribution in [0, 0.1) is 12.3 Å². The van der Waals surface area contributed by atoms with Crippen molar-refractivity contribution in [3.8, 4) is 12.3 Å². The van der Waals surface area contributed by atoms with Gasteiger partial charge in [0.2, 0.25) is 0 Å². The van der Waals surface area contributed by atoms with Gasteiger partial charge >= 0.3 is 6.09 Å². The molecule has 1 fully saturated rings. The summed E-state index contributed by atoms with van der Waals surface area (Å²) in [5, 5.41) is 9.99. The Hall–Kier alpha value is -2.32. The van der Waals surface area contributed by atoms with E-state index in [4.69, 9.17) is 11.2 Å². The number of aliphatic hydroxyl groups excluding tert-OH is 1. The van der Waals surface area contributed by atoms with Gasteiger partial charge in [0.05, 0.1) is 6.04 Å². The first-order valence-corrected chi connectivity index (χ1v) is 7.58. The minimum absolute atomic E-state index is 0.123. The van der Waals surface area contributed by atoms with Gasteiger partial charge < -0.3 is 9.84 Å². The molecule has 0 aromatic heterocycles. The van der Waals surface area contributed by atoms with Gasteiger partial charge in [0, 0.05) is 6.42 Å². The summed E-state index contributed by atoms with van der Waals surface area (Å²) < 4.78 is 5.34. The van der Waals surface area contributed by atoms with Crippen molar-refractivity contribution in [2.45, 2.75) is 50.9 Å². The molecule has 0 spiro atoms. The van der Waals surface area contributed by atoms with Crippen molar-refractivity contribution in [3.63, 3.8) is 0 Å². The van der Waals surface area contributed by atoms with Crippen molar-refractivity contribution in [1.29, 1.82) is 0 Å². The molecule has 1 aliphatic heterocycles. The normalized spacial score (nSPS) is 20.7. The lowest BCUT2D eigenvalue weighted by Crippen LogP contribution is -2.49. The highest BCUT2D eigenvalue weighted by Crippen LogP contribution is 2.32. The van der Waals surface area contributed by atoms with Gasteiger partial charge in [-0.15, -0.1) is 12.3 Å². The van der Waals surface area contributed by atoms with Gasteiger partial charge in [-0.1, -0.05) is 30.3 Å². The zero-order chi connectivity index (χ0) is 17.0. The minimum Gasteiger partial charge on any atom is -0.441 e. The number of imide groups is 1. The molecule has 1 aliphatic rings. The lowest BCUT2D eigenvalue weighted by molar-refractivity contribution is -0.138. The number of carbonyl (C=O) groups is 2. The fourth-order valence-electron chi connectivity index (χ4n) is 2.70. The summed E-state index contributed by atoms with van der Waals surface area (Å²) in [6.45, 7) is 3.53. The van der Waals surface area contributed by atoms with E-state index in [1.807, 2.05) is 30.3 Å². The Kier molecular flexibility index (Phi) is 5.07. The molecule has 2 amide bonds. The molecule has 0 aliphatic carbocycles. The maximum Gasteiger partial charge on any atom is 0.417 e. The SMILES string of the molecule is C#CCC[C@H](O)C(=O)N1C(=O)OC(C)(C)[C@@H]1Cc1ccccc1. The molecule has 1 saturated heterocycles. The fraction of sp³-hybridized carbons (Fsp3) is 0.444. The summed E-state index contributed by atoms with van der Waals surface area (Å²) in [6.07, 6.45) is 3.99. The van der Waals surface area contributed by atoms with E-state index >= 15 is 0 Å². The van der Waals surface area contributed by atoms with Gasteiger partial charge in [-0.3, -0.25) is 4.79 Å². The second-order valence-corrected chi connectivity index (χ2v) is 6.14. The number of benzene rings is 1. The lowest BCUT2D eigenvalue weighted by atomic mass is 9.91. The van der Waals surface area contributed by atoms with Crippen LogP contribution in [-0.2, 0) is 16.0 Å².